The van der Waals surface area contributed by atoms with Crippen LogP contribution in [-0.4, -0.2) is 41.3 Å². The average molecular weight is 421 g/mol. The number of nitrogens with zero attached hydrogens (tertiary/aromatic N) is 2. The summed E-state index contributed by atoms with van der Waals surface area (Å²) < 4.78 is 10.7. The third-order valence-electron chi connectivity index (χ3n) is 5.00. The van der Waals surface area contributed by atoms with Crippen molar-refractivity contribution in [2.24, 2.45) is 0 Å². The molecule has 3 rings (SSSR count). The second-order valence-electron chi connectivity index (χ2n) is 7.57. The van der Waals surface area contributed by atoms with Crippen molar-refractivity contribution < 1.29 is 18.7 Å². The third kappa shape index (κ3) is 5.98. The van der Waals surface area contributed by atoms with Crippen LogP contribution in [-0.2, 0) is 17.9 Å². The van der Waals surface area contributed by atoms with Gasteiger partial charge in [0, 0.05) is 18.2 Å². The van der Waals surface area contributed by atoms with Gasteiger partial charge in [-0.25, -0.2) is 0 Å². The van der Waals surface area contributed by atoms with Crippen LogP contribution in [0, 0.1) is 0 Å². The molecule has 0 fully saturated rings. The number of rotatable bonds is 9. The number of ether oxygens (including phenoxy) is 1. The molecule has 1 heterocycles. The highest BCUT2D eigenvalue weighted by Crippen LogP contribution is 2.17. The van der Waals surface area contributed by atoms with E-state index in [1.807, 2.05) is 50.2 Å². The average Bonchev–Trinajstić information content (AvgIpc) is 3.30. The first-order valence-corrected chi connectivity index (χ1v) is 10.3. The Labute approximate surface area is 183 Å². The maximum atomic E-state index is 13.3. The summed E-state index contributed by atoms with van der Waals surface area (Å²) in [4.78, 5) is 29.8. The van der Waals surface area contributed by atoms with Gasteiger partial charge < -0.3 is 19.0 Å². The summed E-state index contributed by atoms with van der Waals surface area (Å²) in [6, 6.07) is 20.2. The van der Waals surface area contributed by atoms with Crippen molar-refractivity contribution in [3.8, 4) is 5.75 Å². The van der Waals surface area contributed by atoms with Gasteiger partial charge in [0.15, 0.2) is 0 Å². The highest BCUT2D eigenvalue weighted by molar-refractivity contribution is 5.97. The van der Waals surface area contributed by atoms with Crippen LogP contribution in [0.15, 0.2) is 77.4 Å². The highest BCUT2D eigenvalue weighted by Gasteiger charge is 2.25. The zero-order chi connectivity index (χ0) is 22.2. The van der Waals surface area contributed by atoms with E-state index in [4.69, 9.17) is 9.15 Å². The Kier molecular flexibility index (Phi) is 7.49. The molecule has 6 heteroatoms. The van der Waals surface area contributed by atoms with E-state index in [0.717, 1.165) is 5.56 Å². The lowest BCUT2D eigenvalue weighted by Gasteiger charge is -2.30. The summed E-state index contributed by atoms with van der Waals surface area (Å²) in [5, 5.41) is 0. The molecule has 0 aliphatic heterocycles. The largest absolute Gasteiger partial charge is 0.497 e. The maximum Gasteiger partial charge on any atom is 0.254 e. The van der Waals surface area contributed by atoms with Crippen molar-refractivity contribution in [2.45, 2.75) is 33.0 Å². The molecule has 0 saturated carbocycles. The molecule has 0 saturated heterocycles. The number of benzene rings is 2. The lowest BCUT2D eigenvalue weighted by Crippen LogP contribution is -2.45. The number of methoxy groups -OCH3 is 1. The van der Waals surface area contributed by atoms with Crippen molar-refractivity contribution >= 4 is 11.8 Å². The first-order valence-electron chi connectivity index (χ1n) is 10.3. The summed E-state index contributed by atoms with van der Waals surface area (Å²) in [6.07, 6.45) is 1.59. The van der Waals surface area contributed by atoms with E-state index in [9.17, 15) is 9.59 Å². The fourth-order valence-corrected chi connectivity index (χ4v) is 3.28. The Morgan fingerprint density at radius 2 is 1.74 bits per heavy atom. The molecule has 1 aromatic heterocycles. The van der Waals surface area contributed by atoms with Gasteiger partial charge in [0.2, 0.25) is 5.91 Å². The molecule has 0 aliphatic carbocycles. The van der Waals surface area contributed by atoms with Crippen LogP contribution in [0.4, 0.5) is 0 Å². The Bertz CT molecular complexity index is 984. The predicted octanol–water partition coefficient (Wildman–Crippen LogP) is 4.37. The first-order chi connectivity index (χ1) is 15.0. The molecule has 0 bridgehead atoms. The van der Waals surface area contributed by atoms with E-state index in [1.54, 1.807) is 53.5 Å². The molecular weight excluding hydrogens is 392 g/mol. The molecule has 2 amide bonds. The quantitative estimate of drug-likeness (QED) is 0.516. The molecule has 3 aromatic rings. The van der Waals surface area contributed by atoms with E-state index in [1.165, 1.54) is 0 Å². The van der Waals surface area contributed by atoms with Crippen molar-refractivity contribution in [1.29, 1.82) is 0 Å². The Balaban J connectivity index is 1.80. The molecule has 6 nitrogen and oxygen atoms in total. The standard InChI is InChI=1S/C25H28N2O4/c1-19(2)27(25(29)21-11-7-12-22(15-21)30-3)18-24(28)26(17-23-13-8-14-31-23)16-20-9-5-4-6-10-20/h4-15,19H,16-18H2,1-3H3. The number of amides is 2. The molecular formula is C25H28N2O4. The van der Waals surface area contributed by atoms with Gasteiger partial charge >= 0.3 is 0 Å². The zero-order valence-corrected chi connectivity index (χ0v) is 18.2. The predicted molar refractivity (Wildman–Crippen MR) is 119 cm³/mol. The van der Waals surface area contributed by atoms with Gasteiger partial charge in [-0.1, -0.05) is 36.4 Å². The van der Waals surface area contributed by atoms with Crippen LogP contribution in [0.3, 0.4) is 0 Å². The maximum absolute atomic E-state index is 13.3. The number of furan rings is 1. The lowest BCUT2D eigenvalue weighted by molar-refractivity contribution is -0.133. The Morgan fingerprint density at radius 1 is 0.968 bits per heavy atom. The Morgan fingerprint density at radius 3 is 2.39 bits per heavy atom. The number of hydrogen-bond donors (Lipinski definition) is 0. The van der Waals surface area contributed by atoms with Crippen LogP contribution in [0.2, 0.25) is 0 Å². The minimum absolute atomic E-state index is 0.0265. The van der Waals surface area contributed by atoms with Crippen molar-refractivity contribution in [2.75, 3.05) is 13.7 Å². The summed E-state index contributed by atoms with van der Waals surface area (Å²) in [5.74, 6) is 0.939. The lowest BCUT2D eigenvalue weighted by atomic mass is 10.1. The van der Waals surface area contributed by atoms with Crippen LogP contribution >= 0.6 is 0 Å². The molecule has 0 spiro atoms. The van der Waals surface area contributed by atoms with Gasteiger partial charge in [0.1, 0.15) is 18.1 Å². The second-order valence-corrected chi connectivity index (χ2v) is 7.57. The molecule has 0 radical (unpaired) electrons. The topological polar surface area (TPSA) is 63.0 Å². The second kappa shape index (κ2) is 10.5. The van der Waals surface area contributed by atoms with Gasteiger partial charge in [-0.2, -0.15) is 0 Å². The number of carbonyl (C=O) groups is 2. The fourth-order valence-electron chi connectivity index (χ4n) is 3.28. The number of carbonyl (C=O) groups excluding carboxylic acids is 2. The van der Waals surface area contributed by atoms with E-state index < -0.39 is 0 Å². The van der Waals surface area contributed by atoms with E-state index in [2.05, 4.69) is 0 Å². The zero-order valence-electron chi connectivity index (χ0n) is 18.2. The SMILES string of the molecule is COc1cccc(C(=O)N(CC(=O)N(Cc2ccccc2)Cc2ccco2)C(C)C)c1. The third-order valence-corrected chi connectivity index (χ3v) is 5.00. The van der Waals surface area contributed by atoms with Crippen molar-refractivity contribution in [3.05, 3.63) is 89.9 Å². The normalized spacial score (nSPS) is 10.7. The number of hydrogen-bond acceptors (Lipinski definition) is 4. The summed E-state index contributed by atoms with van der Waals surface area (Å²) in [6.45, 7) is 4.54. The summed E-state index contributed by atoms with van der Waals surface area (Å²) in [5.41, 5.74) is 1.50. The molecule has 162 valence electrons. The van der Waals surface area contributed by atoms with E-state index >= 15 is 0 Å². The van der Waals surface area contributed by atoms with Crippen LogP contribution in [0.1, 0.15) is 35.5 Å². The van der Waals surface area contributed by atoms with Crippen LogP contribution < -0.4 is 4.74 Å². The van der Waals surface area contributed by atoms with Gasteiger partial charge in [0.25, 0.3) is 5.91 Å². The van der Waals surface area contributed by atoms with Crippen molar-refractivity contribution in [1.82, 2.24) is 9.80 Å². The highest BCUT2D eigenvalue weighted by atomic mass is 16.5. The minimum Gasteiger partial charge on any atom is -0.497 e. The smallest absolute Gasteiger partial charge is 0.254 e. The first kappa shape index (κ1) is 22.2. The molecule has 0 atom stereocenters. The van der Waals surface area contributed by atoms with E-state index in [-0.39, 0.29) is 24.4 Å². The molecule has 0 aliphatic rings. The molecule has 0 unspecified atom stereocenters. The molecule has 2 aromatic carbocycles. The Hall–Kier alpha value is -3.54. The van der Waals surface area contributed by atoms with E-state index in [0.29, 0.717) is 30.2 Å². The van der Waals surface area contributed by atoms with Gasteiger partial charge in [-0.15, -0.1) is 0 Å². The minimum atomic E-state index is -0.208. The van der Waals surface area contributed by atoms with Crippen LogP contribution in [0.25, 0.3) is 0 Å². The van der Waals surface area contributed by atoms with Gasteiger partial charge in [-0.05, 0) is 49.7 Å². The monoisotopic (exact) mass is 420 g/mol. The van der Waals surface area contributed by atoms with Gasteiger partial charge in [0.05, 0.1) is 19.9 Å². The molecule has 0 N–H and O–H groups in total. The van der Waals surface area contributed by atoms with Crippen molar-refractivity contribution in [3.63, 3.8) is 0 Å². The summed E-state index contributed by atoms with van der Waals surface area (Å²) >= 11 is 0. The van der Waals surface area contributed by atoms with Crippen LogP contribution in [0.5, 0.6) is 5.75 Å². The van der Waals surface area contributed by atoms with Gasteiger partial charge in [-0.3, -0.25) is 9.59 Å². The molecule has 31 heavy (non-hydrogen) atoms. The fraction of sp³-hybridized carbons (Fsp3) is 0.280. The summed E-state index contributed by atoms with van der Waals surface area (Å²) in [7, 11) is 1.56.